The normalized spacial score (nSPS) is 10.3. The van der Waals surface area contributed by atoms with Gasteiger partial charge in [0.1, 0.15) is 0 Å². The number of aliphatic hydroxyl groups excluding tert-OH is 1. The molecule has 0 aliphatic heterocycles. The van der Waals surface area contributed by atoms with Crippen LogP contribution >= 0.6 is 0 Å². The van der Waals surface area contributed by atoms with E-state index in [9.17, 15) is 29.7 Å². The van der Waals surface area contributed by atoms with E-state index in [1.165, 1.54) is 0 Å². The molecule has 0 saturated heterocycles. The molecule has 0 atom stereocenters. The molecule has 0 fully saturated rings. The van der Waals surface area contributed by atoms with Crippen LogP contribution in [-0.4, -0.2) is 29.6 Å². The van der Waals surface area contributed by atoms with Crippen LogP contribution in [0.25, 0.3) is 0 Å². The topological polar surface area (TPSA) is 141 Å². The Labute approximate surface area is 102 Å². The molecule has 0 unspecified atom stereocenters. The van der Waals surface area contributed by atoms with Crippen molar-refractivity contribution in [3.8, 4) is 0 Å². The van der Waals surface area contributed by atoms with Gasteiger partial charge in [-0.2, -0.15) is 0 Å². The predicted octanol–water partition coefficient (Wildman–Crippen LogP) is -4.62. The Kier molecular flexibility index (Phi) is 7.79. The van der Waals surface area contributed by atoms with Crippen molar-refractivity contribution in [2.75, 3.05) is 6.61 Å². The summed E-state index contributed by atoms with van der Waals surface area (Å²) in [5.74, 6) is -4.94. The Hall–Kier alpha value is -1.11. The molecule has 0 saturated carbocycles. The van der Waals surface area contributed by atoms with Crippen molar-refractivity contribution in [3.63, 3.8) is 0 Å². The number of rotatable bonds is 7. The molecule has 1 N–H and O–H groups in total. The van der Waals surface area contributed by atoms with Crippen molar-refractivity contribution in [1.82, 2.24) is 0 Å². The zero-order valence-electron chi connectivity index (χ0n) is 8.08. The quantitative estimate of drug-likeness (QED) is 0.460. The van der Waals surface area contributed by atoms with Crippen LogP contribution in [0.4, 0.5) is 0 Å². The van der Waals surface area contributed by atoms with Crippen LogP contribution in [-0.2, 0) is 31.5 Å². The SMILES string of the molecule is O=C([O-])CC(CO)(CC(=O)[O-])CC(=O)[O-].[Fe+3]. The van der Waals surface area contributed by atoms with Gasteiger partial charge < -0.3 is 34.8 Å². The average molecular weight is 273 g/mol. The molecule has 0 aliphatic carbocycles. The second-order valence-corrected chi connectivity index (χ2v) is 3.30. The van der Waals surface area contributed by atoms with E-state index in [0.29, 0.717) is 0 Å². The molecular weight excluding hydrogens is 264 g/mol. The summed E-state index contributed by atoms with van der Waals surface area (Å²) < 4.78 is 0. The third-order valence-corrected chi connectivity index (χ3v) is 1.89. The summed E-state index contributed by atoms with van der Waals surface area (Å²) in [6, 6.07) is 0. The van der Waals surface area contributed by atoms with Crippen LogP contribution in [0, 0.1) is 5.41 Å². The molecule has 91 valence electrons. The molecule has 0 bridgehead atoms. The molecule has 7 nitrogen and oxygen atoms in total. The largest absolute Gasteiger partial charge is 3.00 e. The van der Waals surface area contributed by atoms with E-state index >= 15 is 0 Å². The summed E-state index contributed by atoms with van der Waals surface area (Å²) in [6.45, 7) is -0.914. The summed E-state index contributed by atoms with van der Waals surface area (Å²) >= 11 is 0. The molecular formula is C8H9FeO7. The molecule has 0 aromatic carbocycles. The number of carboxylic acid groups (broad SMARTS) is 3. The summed E-state index contributed by atoms with van der Waals surface area (Å²) in [7, 11) is 0. The van der Waals surface area contributed by atoms with Gasteiger partial charge in [0.25, 0.3) is 0 Å². The minimum Gasteiger partial charge on any atom is -0.550 e. The number of hydrogen-bond acceptors (Lipinski definition) is 7. The first kappa shape index (κ1) is 17.3. The molecule has 0 aromatic rings. The van der Waals surface area contributed by atoms with Gasteiger partial charge in [0.2, 0.25) is 0 Å². The molecule has 0 rings (SSSR count). The number of aliphatic hydroxyl groups is 1. The van der Waals surface area contributed by atoms with Crippen molar-refractivity contribution < 1.29 is 51.9 Å². The maximum absolute atomic E-state index is 10.3. The minimum absolute atomic E-state index is 0. The van der Waals surface area contributed by atoms with Crippen LogP contribution < -0.4 is 15.3 Å². The maximum atomic E-state index is 10.3. The average Bonchev–Trinajstić information content (AvgIpc) is 1.99. The van der Waals surface area contributed by atoms with Crippen LogP contribution in [0.5, 0.6) is 0 Å². The van der Waals surface area contributed by atoms with Gasteiger partial charge in [-0.05, 0) is 19.3 Å². The van der Waals surface area contributed by atoms with Gasteiger partial charge in [-0.15, -0.1) is 0 Å². The third-order valence-electron chi connectivity index (χ3n) is 1.89. The predicted molar refractivity (Wildman–Crippen MR) is 38.4 cm³/mol. The van der Waals surface area contributed by atoms with E-state index in [0.717, 1.165) is 0 Å². The Morgan fingerprint density at radius 3 is 1.25 bits per heavy atom. The zero-order valence-corrected chi connectivity index (χ0v) is 9.18. The van der Waals surface area contributed by atoms with E-state index in [2.05, 4.69) is 0 Å². The van der Waals surface area contributed by atoms with Crippen LogP contribution in [0.1, 0.15) is 19.3 Å². The molecule has 0 aromatic heterocycles. The Bertz CT molecular complexity index is 235. The number of aliphatic carboxylic acids is 3. The summed E-state index contributed by atoms with van der Waals surface area (Å²) in [5, 5.41) is 39.7. The number of carbonyl (C=O) groups is 3. The van der Waals surface area contributed by atoms with Gasteiger partial charge in [0.15, 0.2) is 0 Å². The fourth-order valence-corrected chi connectivity index (χ4v) is 1.27. The smallest absolute Gasteiger partial charge is 0.550 e. The van der Waals surface area contributed by atoms with E-state index in [1.807, 2.05) is 0 Å². The minimum atomic E-state index is -1.82. The van der Waals surface area contributed by atoms with Crippen molar-refractivity contribution >= 4 is 17.9 Å². The van der Waals surface area contributed by atoms with Gasteiger partial charge in [0, 0.05) is 29.9 Å². The summed E-state index contributed by atoms with van der Waals surface area (Å²) in [6.07, 6.45) is -2.65. The van der Waals surface area contributed by atoms with Crippen LogP contribution in [0.15, 0.2) is 0 Å². The third kappa shape index (κ3) is 6.39. The first-order chi connectivity index (χ1) is 6.81. The van der Waals surface area contributed by atoms with Gasteiger partial charge in [-0.3, -0.25) is 0 Å². The van der Waals surface area contributed by atoms with Crippen molar-refractivity contribution in [1.29, 1.82) is 0 Å². The first-order valence-corrected chi connectivity index (χ1v) is 4.02. The van der Waals surface area contributed by atoms with E-state index in [-0.39, 0.29) is 17.1 Å². The monoisotopic (exact) mass is 273 g/mol. The first-order valence-electron chi connectivity index (χ1n) is 4.02. The Morgan fingerprint density at radius 1 is 0.875 bits per heavy atom. The molecule has 0 aliphatic rings. The van der Waals surface area contributed by atoms with Crippen molar-refractivity contribution in [2.24, 2.45) is 5.41 Å². The molecule has 1 radical (unpaired) electrons. The van der Waals surface area contributed by atoms with E-state index in [1.54, 1.807) is 0 Å². The second kappa shape index (κ2) is 7.21. The standard InChI is InChI=1S/C8H12O7.Fe/c9-4-8(1-5(10)11,2-6(12)13)3-7(14)15;/h9H,1-4H2,(H,10,11)(H,12,13)(H,14,15);/q;+3/p-3. The summed E-state index contributed by atoms with van der Waals surface area (Å²) in [5.41, 5.74) is -1.82. The molecule has 0 spiro atoms. The Morgan fingerprint density at radius 2 is 1.12 bits per heavy atom. The zero-order chi connectivity index (χ0) is 12.1. The fraction of sp³-hybridized carbons (Fsp3) is 0.625. The van der Waals surface area contributed by atoms with Gasteiger partial charge in [0.05, 0.1) is 0 Å². The maximum Gasteiger partial charge on any atom is 3.00 e. The van der Waals surface area contributed by atoms with E-state index < -0.39 is 49.2 Å². The van der Waals surface area contributed by atoms with Gasteiger partial charge in [-0.25, -0.2) is 0 Å². The van der Waals surface area contributed by atoms with Crippen molar-refractivity contribution in [3.05, 3.63) is 0 Å². The van der Waals surface area contributed by atoms with Crippen LogP contribution in [0.2, 0.25) is 0 Å². The van der Waals surface area contributed by atoms with Gasteiger partial charge in [-0.1, -0.05) is 0 Å². The Balaban J connectivity index is 0. The van der Waals surface area contributed by atoms with Crippen LogP contribution in [0.3, 0.4) is 0 Å². The summed E-state index contributed by atoms with van der Waals surface area (Å²) in [4.78, 5) is 30.9. The van der Waals surface area contributed by atoms with Gasteiger partial charge >= 0.3 is 17.1 Å². The number of hydrogen-bond donors (Lipinski definition) is 1. The van der Waals surface area contributed by atoms with E-state index in [4.69, 9.17) is 5.11 Å². The fourth-order valence-electron chi connectivity index (χ4n) is 1.27. The molecule has 0 heterocycles. The molecule has 16 heavy (non-hydrogen) atoms. The number of carbonyl (C=O) groups excluding carboxylic acids is 3. The number of carboxylic acids is 3. The van der Waals surface area contributed by atoms with Crippen molar-refractivity contribution in [2.45, 2.75) is 19.3 Å². The second-order valence-electron chi connectivity index (χ2n) is 3.30. The molecule has 8 heteroatoms. The molecule has 0 amide bonds.